The molecular formula is C15H20N2O3. The van der Waals surface area contributed by atoms with Crippen LogP contribution in [0.2, 0.25) is 0 Å². The van der Waals surface area contributed by atoms with E-state index < -0.39 is 0 Å². The predicted molar refractivity (Wildman–Crippen MR) is 75.1 cm³/mol. The smallest absolute Gasteiger partial charge is 0.162 e. The monoisotopic (exact) mass is 276 g/mol. The van der Waals surface area contributed by atoms with Gasteiger partial charge in [0.2, 0.25) is 0 Å². The molecule has 1 saturated heterocycles. The van der Waals surface area contributed by atoms with Gasteiger partial charge >= 0.3 is 0 Å². The largest absolute Gasteiger partial charge is 0.490 e. The molecule has 1 aromatic carbocycles. The van der Waals surface area contributed by atoms with Crippen LogP contribution >= 0.6 is 0 Å². The SMILES string of the molecule is CCOc1cc(C#N)ccc1OCC1CN(C)CCO1. The lowest BCUT2D eigenvalue weighted by molar-refractivity contribution is -0.0406. The molecule has 5 nitrogen and oxygen atoms in total. The molecule has 1 aliphatic rings. The average molecular weight is 276 g/mol. The third kappa shape index (κ3) is 3.86. The molecule has 0 radical (unpaired) electrons. The standard InChI is InChI=1S/C15H20N2O3/c1-3-18-15-8-12(9-16)4-5-14(15)20-11-13-10-17(2)6-7-19-13/h4-5,8,13H,3,6-7,10-11H2,1-2H3. The Morgan fingerprint density at radius 1 is 1.40 bits per heavy atom. The lowest BCUT2D eigenvalue weighted by Crippen LogP contribution is -2.42. The highest BCUT2D eigenvalue weighted by Gasteiger charge is 2.19. The van der Waals surface area contributed by atoms with Crippen molar-refractivity contribution in [3.05, 3.63) is 23.8 Å². The van der Waals surface area contributed by atoms with Crippen LogP contribution < -0.4 is 9.47 Å². The van der Waals surface area contributed by atoms with Crippen LogP contribution in [0.1, 0.15) is 12.5 Å². The van der Waals surface area contributed by atoms with Crippen molar-refractivity contribution < 1.29 is 14.2 Å². The summed E-state index contributed by atoms with van der Waals surface area (Å²) in [5.74, 6) is 1.26. The first kappa shape index (κ1) is 14.6. The number of hydrogen-bond donors (Lipinski definition) is 0. The van der Waals surface area contributed by atoms with Crippen LogP contribution in [0.4, 0.5) is 0 Å². The van der Waals surface area contributed by atoms with E-state index in [0.29, 0.717) is 30.3 Å². The first-order valence-electron chi connectivity index (χ1n) is 6.82. The molecule has 1 atom stereocenters. The maximum absolute atomic E-state index is 8.91. The molecule has 1 aliphatic heterocycles. The van der Waals surface area contributed by atoms with Gasteiger partial charge in [-0.1, -0.05) is 0 Å². The van der Waals surface area contributed by atoms with Crippen molar-refractivity contribution in [3.8, 4) is 17.6 Å². The average Bonchev–Trinajstić information content (AvgIpc) is 2.46. The van der Waals surface area contributed by atoms with Crippen LogP contribution in [-0.2, 0) is 4.74 Å². The van der Waals surface area contributed by atoms with Crippen LogP contribution in [0, 0.1) is 11.3 Å². The number of likely N-dealkylation sites (N-methyl/N-ethyl adjacent to an activating group) is 1. The van der Waals surface area contributed by atoms with Crippen LogP contribution in [-0.4, -0.2) is 51.0 Å². The van der Waals surface area contributed by atoms with Gasteiger partial charge in [-0.3, -0.25) is 0 Å². The molecule has 0 bridgehead atoms. The molecule has 20 heavy (non-hydrogen) atoms. The predicted octanol–water partition coefficient (Wildman–Crippen LogP) is 1.67. The fourth-order valence-electron chi connectivity index (χ4n) is 2.12. The molecule has 1 fully saturated rings. The highest BCUT2D eigenvalue weighted by atomic mass is 16.5. The van der Waals surface area contributed by atoms with Crippen molar-refractivity contribution >= 4 is 0 Å². The Morgan fingerprint density at radius 3 is 2.95 bits per heavy atom. The Morgan fingerprint density at radius 2 is 2.25 bits per heavy atom. The van der Waals surface area contributed by atoms with Crippen LogP contribution in [0.3, 0.4) is 0 Å². The van der Waals surface area contributed by atoms with Crippen LogP contribution in [0.15, 0.2) is 18.2 Å². The van der Waals surface area contributed by atoms with Crippen molar-refractivity contribution in [3.63, 3.8) is 0 Å². The molecule has 108 valence electrons. The molecule has 0 aliphatic carbocycles. The van der Waals surface area contributed by atoms with Crippen LogP contribution in [0.25, 0.3) is 0 Å². The van der Waals surface area contributed by atoms with Gasteiger partial charge in [-0.05, 0) is 26.1 Å². The van der Waals surface area contributed by atoms with Crippen molar-refractivity contribution in [1.82, 2.24) is 4.90 Å². The quantitative estimate of drug-likeness (QED) is 0.818. The molecular weight excluding hydrogens is 256 g/mol. The maximum atomic E-state index is 8.91. The number of benzene rings is 1. The van der Waals surface area contributed by atoms with Crippen molar-refractivity contribution in [1.29, 1.82) is 5.26 Å². The molecule has 1 aromatic rings. The summed E-state index contributed by atoms with van der Waals surface area (Å²) in [6.07, 6.45) is 0.0684. The van der Waals surface area contributed by atoms with Crippen molar-refractivity contribution in [2.45, 2.75) is 13.0 Å². The first-order valence-corrected chi connectivity index (χ1v) is 6.82. The van der Waals surface area contributed by atoms with Gasteiger partial charge in [-0.25, -0.2) is 0 Å². The Kier molecular flexibility index (Phi) is 5.22. The van der Waals surface area contributed by atoms with Gasteiger partial charge in [0.05, 0.1) is 24.8 Å². The molecule has 5 heteroatoms. The van der Waals surface area contributed by atoms with Gasteiger partial charge in [0.1, 0.15) is 12.7 Å². The minimum atomic E-state index is 0.0684. The Labute approximate surface area is 119 Å². The van der Waals surface area contributed by atoms with Gasteiger partial charge in [0, 0.05) is 19.2 Å². The topological polar surface area (TPSA) is 54.7 Å². The van der Waals surface area contributed by atoms with Gasteiger partial charge in [0.25, 0.3) is 0 Å². The lowest BCUT2D eigenvalue weighted by Gasteiger charge is -2.30. The van der Waals surface area contributed by atoms with Crippen LogP contribution in [0.5, 0.6) is 11.5 Å². The number of rotatable bonds is 5. The van der Waals surface area contributed by atoms with E-state index in [0.717, 1.165) is 19.7 Å². The zero-order chi connectivity index (χ0) is 14.4. The second kappa shape index (κ2) is 7.13. The summed E-state index contributed by atoms with van der Waals surface area (Å²) in [5, 5.41) is 8.91. The minimum absolute atomic E-state index is 0.0684. The van der Waals surface area contributed by atoms with E-state index in [2.05, 4.69) is 18.0 Å². The molecule has 0 saturated carbocycles. The zero-order valence-electron chi connectivity index (χ0n) is 12.0. The summed E-state index contributed by atoms with van der Waals surface area (Å²) >= 11 is 0. The van der Waals surface area contributed by atoms with E-state index in [1.165, 1.54) is 0 Å². The summed E-state index contributed by atoms with van der Waals surface area (Å²) in [5.41, 5.74) is 0.564. The zero-order valence-corrected chi connectivity index (χ0v) is 12.0. The van der Waals surface area contributed by atoms with E-state index in [9.17, 15) is 0 Å². The first-order chi connectivity index (χ1) is 9.72. The second-order valence-corrected chi connectivity index (χ2v) is 4.77. The van der Waals surface area contributed by atoms with Crippen molar-refractivity contribution in [2.75, 3.05) is 40.0 Å². The van der Waals surface area contributed by atoms with Gasteiger partial charge in [-0.2, -0.15) is 5.26 Å². The van der Waals surface area contributed by atoms with E-state index >= 15 is 0 Å². The normalized spacial score (nSPS) is 19.4. The Balaban J connectivity index is 1.99. The summed E-state index contributed by atoms with van der Waals surface area (Å²) in [4.78, 5) is 2.22. The van der Waals surface area contributed by atoms with E-state index in [-0.39, 0.29) is 6.10 Å². The molecule has 0 aromatic heterocycles. The maximum Gasteiger partial charge on any atom is 0.162 e. The summed E-state index contributed by atoms with van der Waals surface area (Å²) in [6.45, 7) is 5.47. The fourth-order valence-corrected chi connectivity index (χ4v) is 2.12. The minimum Gasteiger partial charge on any atom is -0.490 e. The highest BCUT2D eigenvalue weighted by molar-refractivity contribution is 5.46. The number of morpholine rings is 1. The Bertz CT molecular complexity index is 484. The molecule has 1 heterocycles. The highest BCUT2D eigenvalue weighted by Crippen LogP contribution is 2.28. The fraction of sp³-hybridized carbons (Fsp3) is 0.533. The van der Waals surface area contributed by atoms with Gasteiger partial charge < -0.3 is 19.1 Å². The molecule has 2 rings (SSSR count). The summed E-state index contributed by atoms with van der Waals surface area (Å²) in [6, 6.07) is 7.30. The lowest BCUT2D eigenvalue weighted by atomic mass is 10.2. The number of hydrogen-bond acceptors (Lipinski definition) is 5. The summed E-state index contributed by atoms with van der Waals surface area (Å²) < 4.78 is 17.0. The third-order valence-electron chi connectivity index (χ3n) is 3.14. The van der Waals surface area contributed by atoms with E-state index in [1.807, 2.05) is 6.92 Å². The molecule has 0 amide bonds. The number of nitrogens with zero attached hydrogens (tertiary/aromatic N) is 2. The van der Waals surface area contributed by atoms with Crippen molar-refractivity contribution in [2.24, 2.45) is 0 Å². The number of nitriles is 1. The third-order valence-corrected chi connectivity index (χ3v) is 3.14. The molecule has 0 N–H and O–H groups in total. The van der Waals surface area contributed by atoms with Gasteiger partial charge in [-0.15, -0.1) is 0 Å². The number of ether oxygens (including phenoxy) is 3. The van der Waals surface area contributed by atoms with E-state index in [4.69, 9.17) is 19.5 Å². The summed E-state index contributed by atoms with van der Waals surface area (Å²) in [7, 11) is 2.07. The second-order valence-electron chi connectivity index (χ2n) is 4.77. The molecule has 0 spiro atoms. The van der Waals surface area contributed by atoms with Gasteiger partial charge in [0.15, 0.2) is 11.5 Å². The molecule has 1 unspecified atom stereocenters. The Hall–Kier alpha value is -1.77. The van der Waals surface area contributed by atoms with E-state index in [1.54, 1.807) is 18.2 Å².